The molecular formula is C27H25F3N6O2S. The van der Waals surface area contributed by atoms with E-state index in [1.54, 1.807) is 24.3 Å². The Morgan fingerprint density at radius 2 is 1.74 bits per heavy atom. The van der Waals surface area contributed by atoms with Gasteiger partial charge in [-0.25, -0.2) is 14.5 Å². The van der Waals surface area contributed by atoms with Gasteiger partial charge in [0.05, 0.1) is 12.2 Å². The van der Waals surface area contributed by atoms with Gasteiger partial charge in [0.25, 0.3) is 0 Å². The average molecular weight is 555 g/mol. The highest BCUT2D eigenvalue weighted by Gasteiger charge is 2.31. The normalized spacial score (nSPS) is 11.3. The molecule has 12 heteroatoms. The summed E-state index contributed by atoms with van der Waals surface area (Å²) in [6.07, 6.45) is -3.31. The van der Waals surface area contributed by atoms with Crippen molar-refractivity contribution in [1.29, 1.82) is 0 Å². The SMILES string of the molecule is CC(C)c1ccccc1NC(=S)N(Cc1ccc(-c2ncn(-c3ccc(OC(F)(F)F)cc3)n2)cc1)C(N)=O. The zero-order valence-corrected chi connectivity index (χ0v) is 21.8. The molecule has 0 fully saturated rings. The van der Waals surface area contributed by atoms with Crippen molar-refractivity contribution in [3.63, 3.8) is 0 Å². The van der Waals surface area contributed by atoms with E-state index in [1.165, 1.54) is 40.2 Å². The van der Waals surface area contributed by atoms with Gasteiger partial charge in [-0.1, -0.05) is 56.3 Å². The van der Waals surface area contributed by atoms with Crippen LogP contribution < -0.4 is 15.8 Å². The maximum absolute atomic E-state index is 12.4. The van der Waals surface area contributed by atoms with Crippen LogP contribution in [0.15, 0.2) is 79.1 Å². The standard InChI is InChI=1S/C27H25F3N6O2S/c1-17(2)22-5-3-4-6-23(22)33-26(39)35(25(31)37)15-18-7-9-19(10-8-18)24-32-16-36(34-24)20-11-13-21(14-12-20)38-27(28,29)30/h3-14,16-17H,15H2,1-2H3,(H2,31,37)(H,33,39). The van der Waals surface area contributed by atoms with Crippen molar-refractivity contribution >= 4 is 29.0 Å². The average Bonchev–Trinajstić information content (AvgIpc) is 3.37. The summed E-state index contributed by atoms with van der Waals surface area (Å²) in [4.78, 5) is 17.8. The highest BCUT2D eigenvalue weighted by atomic mass is 32.1. The fraction of sp³-hybridized carbons (Fsp3) is 0.185. The number of nitrogens with one attached hydrogen (secondary N) is 1. The molecule has 0 aliphatic heterocycles. The number of hydrogen-bond donors (Lipinski definition) is 2. The topological polar surface area (TPSA) is 98.3 Å². The summed E-state index contributed by atoms with van der Waals surface area (Å²) in [6, 6.07) is 19.5. The number of urea groups is 1. The maximum Gasteiger partial charge on any atom is 0.573 e. The molecule has 0 atom stereocenters. The number of carbonyl (C=O) groups excluding carboxylic acids is 1. The molecule has 0 unspecified atom stereocenters. The highest BCUT2D eigenvalue weighted by Crippen LogP contribution is 2.26. The summed E-state index contributed by atoms with van der Waals surface area (Å²) in [5.74, 6) is 0.336. The first-order valence-corrected chi connectivity index (χ1v) is 12.2. The van der Waals surface area contributed by atoms with E-state index in [0.717, 1.165) is 16.8 Å². The van der Waals surface area contributed by atoms with Crippen LogP contribution in [0.25, 0.3) is 17.1 Å². The number of hydrogen-bond acceptors (Lipinski definition) is 5. The molecule has 8 nitrogen and oxygen atoms in total. The van der Waals surface area contributed by atoms with E-state index in [-0.39, 0.29) is 23.3 Å². The minimum atomic E-state index is -4.76. The van der Waals surface area contributed by atoms with Gasteiger partial charge in [-0.15, -0.1) is 18.3 Å². The molecule has 1 aromatic heterocycles. The molecule has 0 spiro atoms. The van der Waals surface area contributed by atoms with E-state index in [0.29, 0.717) is 17.1 Å². The van der Waals surface area contributed by atoms with Gasteiger partial charge in [0.15, 0.2) is 10.9 Å². The second kappa shape index (κ2) is 11.5. The number of rotatable bonds is 7. The minimum absolute atomic E-state index is 0.152. The Labute approximate surface area is 228 Å². The Bertz CT molecular complexity index is 1450. The molecule has 0 radical (unpaired) electrons. The predicted molar refractivity (Wildman–Crippen MR) is 145 cm³/mol. The quantitative estimate of drug-likeness (QED) is 0.263. The van der Waals surface area contributed by atoms with Gasteiger partial charge in [0.2, 0.25) is 0 Å². The van der Waals surface area contributed by atoms with Crippen LogP contribution in [0.3, 0.4) is 0 Å². The number of para-hydroxylation sites is 1. The molecule has 1 heterocycles. The van der Waals surface area contributed by atoms with Crippen LogP contribution in [0.5, 0.6) is 5.75 Å². The number of aromatic nitrogens is 3. The second-order valence-electron chi connectivity index (χ2n) is 8.85. The van der Waals surface area contributed by atoms with Gasteiger partial charge in [0.1, 0.15) is 12.1 Å². The fourth-order valence-electron chi connectivity index (χ4n) is 3.81. The summed E-state index contributed by atoms with van der Waals surface area (Å²) >= 11 is 5.49. The van der Waals surface area contributed by atoms with Gasteiger partial charge >= 0.3 is 12.4 Å². The third-order valence-corrected chi connectivity index (χ3v) is 6.04. The van der Waals surface area contributed by atoms with Gasteiger partial charge < -0.3 is 15.8 Å². The third kappa shape index (κ3) is 7.11. The molecule has 0 saturated carbocycles. The monoisotopic (exact) mass is 554 g/mol. The molecule has 202 valence electrons. The number of thiocarbonyl (C=S) groups is 1. The van der Waals surface area contributed by atoms with Crippen LogP contribution >= 0.6 is 12.2 Å². The van der Waals surface area contributed by atoms with E-state index >= 15 is 0 Å². The molecule has 4 aromatic rings. The Hall–Kier alpha value is -4.45. The van der Waals surface area contributed by atoms with E-state index in [9.17, 15) is 18.0 Å². The van der Waals surface area contributed by atoms with E-state index in [4.69, 9.17) is 18.0 Å². The fourth-order valence-corrected chi connectivity index (χ4v) is 4.07. The van der Waals surface area contributed by atoms with Crippen molar-refractivity contribution in [2.45, 2.75) is 32.7 Å². The Morgan fingerprint density at radius 3 is 2.36 bits per heavy atom. The smallest absolute Gasteiger partial charge is 0.406 e. The number of carbonyl (C=O) groups is 1. The van der Waals surface area contributed by atoms with E-state index in [1.807, 2.05) is 24.3 Å². The predicted octanol–water partition coefficient (Wildman–Crippen LogP) is 6.23. The lowest BCUT2D eigenvalue weighted by atomic mass is 10.0. The number of primary amides is 1. The van der Waals surface area contributed by atoms with Gasteiger partial charge in [0, 0.05) is 11.3 Å². The number of ether oxygens (including phenoxy) is 1. The van der Waals surface area contributed by atoms with Crippen LogP contribution in [0.1, 0.15) is 30.9 Å². The number of benzene rings is 3. The lowest BCUT2D eigenvalue weighted by Gasteiger charge is -2.23. The number of nitrogens with two attached hydrogens (primary N) is 1. The van der Waals surface area contributed by atoms with Gasteiger partial charge in [-0.3, -0.25) is 4.90 Å². The molecule has 3 aromatic carbocycles. The zero-order chi connectivity index (χ0) is 28.2. The van der Waals surface area contributed by atoms with Gasteiger partial charge in [-0.2, -0.15) is 0 Å². The molecule has 4 rings (SSSR count). The number of alkyl halides is 3. The lowest BCUT2D eigenvalue weighted by Crippen LogP contribution is -2.42. The summed E-state index contributed by atoms with van der Waals surface area (Å²) in [7, 11) is 0. The van der Waals surface area contributed by atoms with Crippen molar-refractivity contribution in [2.24, 2.45) is 5.73 Å². The number of anilines is 1. The van der Waals surface area contributed by atoms with Crippen molar-refractivity contribution < 1.29 is 22.7 Å². The summed E-state index contributed by atoms with van der Waals surface area (Å²) in [6.45, 7) is 4.29. The molecule has 0 aliphatic carbocycles. The van der Waals surface area contributed by atoms with E-state index in [2.05, 4.69) is 34.0 Å². The second-order valence-corrected chi connectivity index (χ2v) is 9.23. The number of halogens is 3. The molecule has 0 bridgehead atoms. The Balaban J connectivity index is 1.44. The molecule has 3 N–H and O–H groups in total. The van der Waals surface area contributed by atoms with Crippen LogP contribution in [0.4, 0.5) is 23.7 Å². The number of amides is 2. The lowest BCUT2D eigenvalue weighted by molar-refractivity contribution is -0.274. The van der Waals surface area contributed by atoms with Crippen LogP contribution in [0.2, 0.25) is 0 Å². The van der Waals surface area contributed by atoms with Crippen LogP contribution in [-0.4, -0.2) is 37.2 Å². The first-order chi connectivity index (χ1) is 18.5. The van der Waals surface area contributed by atoms with Crippen molar-refractivity contribution in [2.75, 3.05) is 5.32 Å². The molecule has 0 saturated heterocycles. The maximum atomic E-state index is 12.4. The van der Waals surface area contributed by atoms with Gasteiger partial charge in [-0.05, 0) is 59.6 Å². The van der Waals surface area contributed by atoms with Crippen LogP contribution in [0, 0.1) is 0 Å². The first kappa shape index (κ1) is 27.6. The molecular weight excluding hydrogens is 529 g/mol. The largest absolute Gasteiger partial charge is 0.573 e. The highest BCUT2D eigenvalue weighted by molar-refractivity contribution is 7.80. The molecule has 2 amide bonds. The number of nitrogens with zero attached hydrogens (tertiary/aromatic N) is 4. The zero-order valence-electron chi connectivity index (χ0n) is 21.0. The molecule has 0 aliphatic rings. The van der Waals surface area contributed by atoms with Crippen LogP contribution in [-0.2, 0) is 6.54 Å². The first-order valence-electron chi connectivity index (χ1n) is 11.8. The van der Waals surface area contributed by atoms with E-state index < -0.39 is 12.4 Å². The Kier molecular flexibility index (Phi) is 8.15. The minimum Gasteiger partial charge on any atom is -0.406 e. The summed E-state index contributed by atoms with van der Waals surface area (Å²) < 4.78 is 42.5. The van der Waals surface area contributed by atoms with Crippen molar-refractivity contribution in [3.8, 4) is 22.8 Å². The van der Waals surface area contributed by atoms with Crippen molar-refractivity contribution in [1.82, 2.24) is 19.7 Å². The molecule has 39 heavy (non-hydrogen) atoms. The van der Waals surface area contributed by atoms with Crippen molar-refractivity contribution in [3.05, 3.63) is 90.3 Å². The Morgan fingerprint density at radius 1 is 1.08 bits per heavy atom. The third-order valence-electron chi connectivity index (χ3n) is 5.72. The summed E-state index contributed by atoms with van der Waals surface area (Å²) in [5, 5.41) is 7.72. The summed E-state index contributed by atoms with van der Waals surface area (Å²) in [5.41, 5.74) is 9.49.